The Bertz CT molecular complexity index is 1050. The number of quaternary nitrogens is 1. The molecule has 0 saturated heterocycles. The zero-order valence-corrected chi connectivity index (χ0v) is 44.4. The van der Waals surface area contributed by atoms with Crippen LogP contribution in [0.2, 0.25) is 0 Å². The number of nitrogens with one attached hydrogen (secondary N) is 1. The van der Waals surface area contributed by atoms with Gasteiger partial charge in [0, 0.05) is 6.42 Å². The third-order valence-electron chi connectivity index (χ3n) is 13.0. The van der Waals surface area contributed by atoms with E-state index in [4.69, 9.17) is 9.05 Å². The third kappa shape index (κ3) is 49.2. The predicted octanol–water partition coefficient (Wildman–Crippen LogP) is 16.0. The molecule has 0 rings (SSSR count). The van der Waals surface area contributed by atoms with Crippen LogP contribution in [0.4, 0.5) is 0 Å². The smallest absolute Gasteiger partial charge is 0.268 e. The first-order valence-corrected chi connectivity index (χ1v) is 29.5. The number of allylic oxidation sites excluding steroid dienone is 2. The van der Waals surface area contributed by atoms with Gasteiger partial charge in [0.1, 0.15) is 13.2 Å². The summed E-state index contributed by atoms with van der Waals surface area (Å²) in [6.07, 6.45) is 57.0. The summed E-state index contributed by atoms with van der Waals surface area (Å²) < 4.78 is 23.3. The Labute approximate surface area is 399 Å². The van der Waals surface area contributed by atoms with Gasteiger partial charge in [-0.05, 0) is 38.5 Å². The van der Waals surface area contributed by atoms with Gasteiger partial charge in [0.15, 0.2) is 0 Å². The molecule has 8 nitrogen and oxygen atoms in total. The second kappa shape index (κ2) is 47.3. The second-order valence-corrected chi connectivity index (χ2v) is 22.1. The summed E-state index contributed by atoms with van der Waals surface area (Å²) in [7, 11) is 1.32. The summed E-state index contributed by atoms with van der Waals surface area (Å²) in [6, 6.07) is -0.794. The van der Waals surface area contributed by atoms with Crippen molar-refractivity contribution in [2.45, 2.75) is 296 Å². The molecule has 0 spiro atoms. The standard InChI is InChI=1S/C55H111N2O6P/c1-6-8-10-12-14-16-17-18-19-20-21-22-23-24-25-26-27-28-29-30-31-32-33-34-35-36-37-38-39-41-43-45-47-49-55(59)56-53(52-63-64(60,61)62-51-50-57(3,4)5)54(58)48-46-44-42-40-15-13-11-9-7-2/h24-25,53-54,58H,6-23,26-52H2,1-5H3,(H-,56,59,60,61)/b25-24-. The first kappa shape index (κ1) is 63.2. The number of hydrogen-bond donors (Lipinski definition) is 2. The Hall–Kier alpha value is -0.760. The number of amides is 1. The second-order valence-electron chi connectivity index (χ2n) is 20.6. The monoisotopic (exact) mass is 927 g/mol. The van der Waals surface area contributed by atoms with Crippen molar-refractivity contribution in [2.24, 2.45) is 0 Å². The van der Waals surface area contributed by atoms with E-state index in [1.54, 1.807) is 0 Å². The molecule has 0 aliphatic heterocycles. The minimum Gasteiger partial charge on any atom is -0.756 e. The van der Waals surface area contributed by atoms with E-state index in [2.05, 4.69) is 31.3 Å². The Kier molecular flexibility index (Phi) is 46.8. The van der Waals surface area contributed by atoms with Gasteiger partial charge in [0.2, 0.25) is 5.91 Å². The highest BCUT2D eigenvalue weighted by atomic mass is 31.2. The van der Waals surface area contributed by atoms with Gasteiger partial charge in [-0.1, -0.05) is 251 Å². The van der Waals surface area contributed by atoms with Gasteiger partial charge in [-0.15, -0.1) is 0 Å². The van der Waals surface area contributed by atoms with Gasteiger partial charge in [0.05, 0.1) is 39.9 Å². The van der Waals surface area contributed by atoms with E-state index in [1.165, 1.54) is 218 Å². The zero-order valence-electron chi connectivity index (χ0n) is 43.5. The van der Waals surface area contributed by atoms with Crippen molar-refractivity contribution in [3.8, 4) is 0 Å². The van der Waals surface area contributed by atoms with Gasteiger partial charge in [-0.25, -0.2) is 0 Å². The number of phosphoric ester groups is 1. The lowest BCUT2D eigenvalue weighted by Gasteiger charge is -2.30. The first-order chi connectivity index (χ1) is 31.0. The van der Waals surface area contributed by atoms with Crippen LogP contribution in [0, 0.1) is 0 Å². The Morgan fingerprint density at radius 1 is 0.531 bits per heavy atom. The van der Waals surface area contributed by atoms with Crippen LogP contribution in [0.5, 0.6) is 0 Å². The molecule has 64 heavy (non-hydrogen) atoms. The lowest BCUT2D eigenvalue weighted by Crippen LogP contribution is -2.46. The quantitative estimate of drug-likeness (QED) is 0.0272. The summed E-state index contributed by atoms with van der Waals surface area (Å²) in [5, 5.41) is 13.9. The minimum absolute atomic E-state index is 0.0147. The molecule has 0 aromatic carbocycles. The van der Waals surface area contributed by atoms with E-state index in [1.807, 2.05) is 21.1 Å². The number of aliphatic hydroxyl groups is 1. The fraction of sp³-hybridized carbons (Fsp3) is 0.945. The van der Waals surface area contributed by atoms with Gasteiger partial charge in [-0.3, -0.25) is 9.36 Å². The van der Waals surface area contributed by atoms with Crippen LogP contribution < -0.4 is 10.2 Å². The highest BCUT2D eigenvalue weighted by Crippen LogP contribution is 2.38. The topological polar surface area (TPSA) is 108 Å². The third-order valence-corrected chi connectivity index (χ3v) is 14.0. The SMILES string of the molecule is CCCCCCCCCCCCCC/C=C\CCCCCCCCCCCCCCCCCCCC(=O)NC(COP(=O)([O-])OCC[N+](C)(C)C)C(O)CCCCCCCCCCC. The number of phosphoric acid groups is 1. The van der Waals surface area contributed by atoms with Crippen LogP contribution in [-0.2, 0) is 18.4 Å². The number of hydrogen-bond acceptors (Lipinski definition) is 6. The van der Waals surface area contributed by atoms with Crippen LogP contribution in [0.25, 0.3) is 0 Å². The van der Waals surface area contributed by atoms with Crippen molar-refractivity contribution in [2.75, 3.05) is 40.9 Å². The van der Waals surface area contributed by atoms with Gasteiger partial charge < -0.3 is 28.8 Å². The molecular formula is C55H111N2O6P. The summed E-state index contributed by atoms with van der Waals surface area (Å²) in [6.45, 7) is 4.72. The van der Waals surface area contributed by atoms with E-state index in [0.717, 1.165) is 38.5 Å². The van der Waals surface area contributed by atoms with Crippen molar-refractivity contribution in [3.05, 3.63) is 12.2 Å². The number of unbranched alkanes of at least 4 members (excludes halogenated alkanes) is 37. The van der Waals surface area contributed by atoms with E-state index >= 15 is 0 Å². The normalized spacial score (nSPS) is 14.0. The van der Waals surface area contributed by atoms with E-state index in [-0.39, 0.29) is 19.1 Å². The van der Waals surface area contributed by atoms with Crippen molar-refractivity contribution in [3.63, 3.8) is 0 Å². The molecule has 0 radical (unpaired) electrons. The summed E-state index contributed by atoms with van der Waals surface area (Å²) in [4.78, 5) is 25.4. The van der Waals surface area contributed by atoms with Crippen molar-refractivity contribution in [1.82, 2.24) is 5.32 Å². The molecule has 3 unspecified atom stereocenters. The van der Waals surface area contributed by atoms with E-state index < -0.39 is 20.0 Å². The maximum Gasteiger partial charge on any atom is 0.268 e. The van der Waals surface area contributed by atoms with Crippen LogP contribution in [0.3, 0.4) is 0 Å². The maximum absolute atomic E-state index is 12.9. The number of likely N-dealkylation sites (N-methyl/N-ethyl adjacent to an activating group) is 1. The average molecular weight is 927 g/mol. The fourth-order valence-electron chi connectivity index (χ4n) is 8.57. The minimum atomic E-state index is -4.56. The van der Waals surface area contributed by atoms with Gasteiger partial charge >= 0.3 is 0 Å². The number of carbonyl (C=O) groups excluding carboxylic acids is 1. The largest absolute Gasteiger partial charge is 0.756 e. The Morgan fingerprint density at radius 3 is 1.22 bits per heavy atom. The van der Waals surface area contributed by atoms with Crippen LogP contribution in [-0.4, -0.2) is 68.5 Å². The van der Waals surface area contributed by atoms with Gasteiger partial charge in [0.25, 0.3) is 7.82 Å². The Balaban J connectivity index is 3.87. The van der Waals surface area contributed by atoms with Crippen LogP contribution in [0.15, 0.2) is 12.2 Å². The molecule has 9 heteroatoms. The van der Waals surface area contributed by atoms with E-state index in [9.17, 15) is 19.4 Å². The summed E-state index contributed by atoms with van der Waals surface area (Å²) in [5.41, 5.74) is 0. The summed E-state index contributed by atoms with van der Waals surface area (Å²) in [5.74, 6) is -0.162. The zero-order chi connectivity index (χ0) is 47.1. The van der Waals surface area contributed by atoms with Crippen molar-refractivity contribution in [1.29, 1.82) is 0 Å². The molecule has 0 aromatic heterocycles. The molecule has 0 saturated carbocycles. The highest BCUT2D eigenvalue weighted by Gasteiger charge is 2.24. The molecule has 1 amide bonds. The highest BCUT2D eigenvalue weighted by molar-refractivity contribution is 7.45. The van der Waals surface area contributed by atoms with Gasteiger partial charge in [-0.2, -0.15) is 0 Å². The molecule has 0 bridgehead atoms. The maximum atomic E-state index is 12.9. The van der Waals surface area contributed by atoms with Crippen molar-refractivity contribution >= 4 is 13.7 Å². The average Bonchev–Trinajstić information content (AvgIpc) is 3.25. The summed E-state index contributed by atoms with van der Waals surface area (Å²) >= 11 is 0. The number of carbonyl (C=O) groups is 1. The van der Waals surface area contributed by atoms with Crippen LogP contribution in [0.1, 0.15) is 284 Å². The number of aliphatic hydroxyl groups excluding tert-OH is 1. The molecule has 382 valence electrons. The predicted molar refractivity (Wildman–Crippen MR) is 275 cm³/mol. The molecule has 3 atom stereocenters. The molecule has 0 aromatic rings. The lowest BCUT2D eigenvalue weighted by molar-refractivity contribution is -0.870. The lowest BCUT2D eigenvalue weighted by atomic mass is 10.0. The molecule has 2 N–H and O–H groups in total. The number of rotatable bonds is 52. The molecule has 0 aliphatic rings. The fourth-order valence-corrected chi connectivity index (χ4v) is 9.29. The molecule has 0 fully saturated rings. The molecule has 0 heterocycles. The Morgan fingerprint density at radius 2 is 0.859 bits per heavy atom. The number of nitrogens with zero attached hydrogens (tertiary/aromatic N) is 1. The van der Waals surface area contributed by atoms with Crippen LogP contribution >= 0.6 is 7.82 Å². The molecular weight excluding hydrogens is 816 g/mol. The van der Waals surface area contributed by atoms with E-state index in [0.29, 0.717) is 23.9 Å². The van der Waals surface area contributed by atoms with Crippen molar-refractivity contribution < 1.29 is 32.9 Å². The molecule has 0 aliphatic carbocycles. The first-order valence-electron chi connectivity index (χ1n) is 28.0.